The average Bonchev–Trinajstić information content (AvgIpc) is 2.46. The second kappa shape index (κ2) is 7.02. The van der Waals surface area contributed by atoms with Crippen molar-refractivity contribution in [2.24, 2.45) is 0 Å². The van der Waals surface area contributed by atoms with Gasteiger partial charge < -0.3 is 14.8 Å². The van der Waals surface area contributed by atoms with E-state index >= 15 is 0 Å². The molecule has 0 aliphatic rings. The first-order valence-electron chi connectivity index (χ1n) is 7.22. The highest BCUT2D eigenvalue weighted by molar-refractivity contribution is 5.48. The third-order valence-electron chi connectivity index (χ3n) is 3.14. The van der Waals surface area contributed by atoms with Gasteiger partial charge >= 0.3 is 0 Å². The minimum atomic E-state index is 0.195. The topological polar surface area (TPSA) is 30.5 Å². The highest BCUT2D eigenvalue weighted by Crippen LogP contribution is 2.22. The fourth-order valence-electron chi connectivity index (χ4n) is 2.17. The van der Waals surface area contributed by atoms with E-state index in [1.165, 1.54) is 5.56 Å². The van der Waals surface area contributed by atoms with E-state index in [9.17, 15) is 0 Å². The van der Waals surface area contributed by atoms with Gasteiger partial charge in [0.2, 0.25) is 0 Å². The van der Waals surface area contributed by atoms with Crippen LogP contribution in [0.25, 0.3) is 0 Å². The fourth-order valence-corrected chi connectivity index (χ4v) is 2.17. The number of anilines is 1. The quantitative estimate of drug-likeness (QED) is 0.853. The van der Waals surface area contributed by atoms with Crippen LogP contribution < -0.4 is 14.8 Å². The fraction of sp³-hybridized carbons (Fsp3) is 0.333. The Morgan fingerprint density at radius 1 is 1.05 bits per heavy atom. The van der Waals surface area contributed by atoms with Crippen molar-refractivity contribution in [3.8, 4) is 11.5 Å². The lowest BCUT2D eigenvalue weighted by Crippen LogP contribution is -2.05. The van der Waals surface area contributed by atoms with Crippen molar-refractivity contribution in [1.82, 2.24) is 0 Å². The van der Waals surface area contributed by atoms with Crippen molar-refractivity contribution in [3.63, 3.8) is 0 Å². The van der Waals surface area contributed by atoms with Crippen LogP contribution in [0.2, 0.25) is 0 Å². The molecule has 0 saturated carbocycles. The van der Waals surface area contributed by atoms with Gasteiger partial charge in [-0.1, -0.05) is 17.7 Å². The van der Waals surface area contributed by atoms with Crippen molar-refractivity contribution in [3.05, 3.63) is 53.6 Å². The first-order chi connectivity index (χ1) is 10.1. The molecule has 0 aliphatic heterocycles. The van der Waals surface area contributed by atoms with Crippen molar-refractivity contribution in [2.75, 3.05) is 12.4 Å². The van der Waals surface area contributed by atoms with Gasteiger partial charge in [0.25, 0.3) is 0 Å². The molecule has 0 amide bonds. The zero-order valence-electron chi connectivity index (χ0n) is 13.1. The van der Waals surface area contributed by atoms with E-state index in [0.717, 1.165) is 29.3 Å². The van der Waals surface area contributed by atoms with E-state index in [1.54, 1.807) is 7.11 Å². The molecule has 0 radical (unpaired) electrons. The molecule has 1 N–H and O–H groups in total. The minimum absolute atomic E-state index is 0.195. The van der Waals surface area contributed by atoms with Crippen LogP contribution in [-0.2, 0) is 6.54 Å². The summed E-state index contributed by atoms with van der Waals surface area (Å²) < 4.78 is 11.0. The van der Waals surface area contributed by atoms with Crippen molar-refractivity contribution in [1.29, 1.82) is 0 Å². The average molecular weight is 285 g/mol. The minimum Gasteiger partial charge on any atom is -0.496 e. The van der Waals surface area contributed by atoms with E-state index < -0.39 is 0 Å². The molecule has 0 atom stereocenters. The molecule has 2 rings (SSSR count). The summed E-state index contributed by atoms with van der Waals surface area (Å²) in [5.74, 6) is 1.80. The zero-order chi connectivity index (χ0) is 15.2. The molecule has 0 fully saturated rings. The molecule has 112 valence electrons. The van der Waals surface area contributed by atoms with Gasteiger partial charge in [0.1, 0.15) is 11.5 Å². The monoisotopic (exact) mass is 285 g/mol. The highest BCUT2D eigenvalue weighted by Gasteiger charge is 2.03. The zero-order valence-corrected chi connectivity index (χ0v) is 13.1. The van der Waals surface area contributed by atoms with E-state index in [4.69, 9.17) is 9.47 Å². The van der Waals surface area contributed by atoms with Gasteiger partial charge in [0, 0.05) is 17.8 Å². The molecule has 0 aromatic heterocycles. The van der Waals surface area contributed by atoms with Crippen LogP contribution in [0.3, 0.4) is 0 Å². The Kier molecular flexibility index (Phi) is 5.09. The maximum absolute atomic E-state index is 5.64. The SMILES string of the molecule is COc1ccc(C)cc1CNc1ccc(OC(C)C)cc1. The summed E-state index contributed by atoms with van der Waals surface area (Å²) in [4.78, 5) is 0. The smallest absolute Gasteiger partial charge is 0.123 e. The van der Waals surface area contributed by atoms with Gasteiger partial charge in [0.15, 0.2) is 0 Å². The third kappa shape index (κ3) is 4.42. The predicted octanol–water partition coefficient (Wildman–Crippen LogP) is 4.40. The number of hydrogen-bond acceptors (Lipinski definition) is 3. The summed E-state index contributed by atoms with van der Waals surface area (Å²) in [6.45, 7) is 6.86. The molecule has 3 nitrogen and oxygen atoms in total. The van der Waals surface area contributed by atoms with E-state index in [-0.39, 0.29) is 6.10 Å². The molecule has 0 heterocycles. The molecule has 0 spiro atoms. The molecule has 0 aliphatic carbocycles. The molecule has 21 heavy (non-hydrogen) atoms. The van der Waals surface area contributed by atoms with Crippen LogP contribution in [0.4, 0.5) is 5.69 Å². The van der Waals surface area contributed by atoms with Crippen molar-refractivity contribution < 1.29 is 9.47 Å². The van der Waals surface area contributed by atoms with Gasteiger partial charge in [-0.15, -0.1) is 0 Å². The van der Waals surface area contributed by atoms with Crippen LogP contribution in [-0.4, -0.2) is 13.2 Å². The molecule has 0 bridgehead atoms. The van der Waals surface area contributed by atoms with Gasteiger partial charge in [-0.3, -0.25) is 0 Å². The van der Waals surface area contributed by atoms with E-state index in [0.29, 0.717) is 0 Å². The largest absolute Gasteiger partial charge is 0.496 e. The number of nitrogens with one attached hydrogen (secondary N) is 1. The summed E-state index contributed by atoms with van der Waals surface area (Å²) >= 11 is 0. The number of rotatable bonds is 6. The van der Waals surface area contributed by atoms with Crippen LogP contribution in [0, 0.1) is 6.92 Å². The van der Waals surface area contributed by atoms with Gasteiger partial charge in [-0.25, -0.2) is 0 Å². The molecular formula is C18H23NO2. The third-order valence-corrected chi connectivity index (χ3v) is 3.14. The normalized spacial score (nSPS) is 10.5. The summed E-state index contributed by atoms with van der Waals surface area (Å²) in [5.41, 5.74) is 3.45. The Morgan fingerprint density at radius 3 is 2.38 bits per heavy atom. The maximum atomic E-state index is 5.64. The number of hydrogen-bond donors (Lipinski definition) is 1. The number of methoxy groups -OCH3 is 1. The molecule has 0 saturated heterocycles. The Hall–Kier alpha value is -2.16. The molecular weight excluding hydrogens is 262 g/mol. The number of aryl methyl sites for hydroxylation is 1. The molecule has 0 unspecified atom stereocenters. The molecule has 2 aromatic rings. The van der Waals surface area contributed by atoms with Gasteiger partial charge in [-0.05, 0) is 51.1 Å². The predicted molar refractivity (Wildman–Crippen MR) is 87.3 cm³/mol. The Bertz CT molecular complexity index is 576. The van der Waals surface area contributed by atoms with Crippen molar-refractivity contribution in [2.45, 2.75) is 33.4 Å². The first-order valence-corrected chi connectivity index (χ1v) is 7.22. The lowest BCUT2D eigenvalue weighted by Gasteiger charge is -2.13. The standard InChI is InChI=1S/C18H23NO2/c1-13(2)21-17-8-6-16(7-9-17)19-12-15-11-14(3)5-10-18(15)20-4/h5-11,13,19H,12H2,1-4H3. The molecule has 3 heteroatoms. The van der Waals surface area contributed by atoms with E-state index in [1.807, 2.05) is 44.2 Å². The Labute approximate surface area is 126 Å². The van der Waals surface area contributed by atoms with Crippen LogP contribution in [0.5, 0.6) is 11.5 Å². The van der Waals surface area contributed by atoms with Gasteiger partial charge in [-0.2, -0.15) is 0 Å². The maximum Gasteiger partial charge on any atom is 0.123 e. The van der Waals surface area contributed by atoms with Gasteiger partial charge in [0.05, 0.1) is 13.2 Å². The Balaban J connectivity index is 2.01. The Morgan fingerprint density at radius 2 is 1.76 bits per heavy atom. The second-order valence-electron chi connectivity index (χ2n) is 5.36. The van der Waals surface area contributed by atoms with Crippen molar-refractivity contribution >= 4 is 5.69 Å². The summed E-state index contributed by atoms with van der Waals surface area (Å²) in [7, 11) is 1.70. The van der Waals surface area contributed by atoms with Crippen LogP contribution in [0.1, 0.15) is 25.0 Å². The first kappa shape index (κ1) is 15.2. The lowest BCUT2D eigenvalue weighted by atomic mass is 10.1. The second-order valence-corrected chi connectivity index (χ2v) is 5.36. The van der Waals surface area contributed by atoms with E-state index in [2.05, 4.69) is 24.4 Å². The summed E-state index contributed by atoms with van der Waals surface area (Å²) in [6, 6.07) is 14.2. The van der Waals surface area contributed by atoms with Crippen LogP contribution >= 0.6 is 0 Å². The summed E-state index contributed by atoms with van der Waals surface area (Å²) in [6.07, 6.45) is 0.195. The number of ether oxygens (including phenoxy) is 2. The lowest BCUT2D eigenvalue weighted by molar-refractivity contribution is 0.242. The highest BCUT2D eigenvalue weighted by atomic mass is 16.5. The van der Waals surface area contributed by atoms with Crippen LogP contribution in [0.15, 0.2) is 42.5 Å². The number of benzene rings is 2. The molecule has 2 aromatic carbocycles. The summed E-state index contributed by atoms with van der Waals surface area (Å²) in [5, 5.41) is 3.41.